The number of carbonyl (C=O) groups is 2. The zero-order chi connectivity index (χ0) is 25.6. The first-order chi connectivity index (χ1) is 16.6. The van der Waals surface area contributed by atoms with Gasteiger partial charge in [-0.3, -0.25) is 9.59 Å². The van der Waals surface area contributed by atoms with Crippen LogP contribution in [0.5, 0.6) is 5.75 Å². The molecule has 190 valence electrons. The summed E-state index contributed by atoms with van der Waals surface area (Å²) in [5.41, 5.74) is 6.28. The number of sulfonamides is 1. The number of amides is 2. The van der Waals surface area contributed by atoms with E-state index in [-0.39, 0.29) is 29.4 Å². The summed E-state index contributed by atoms with van der Waals surface area (Å²) in [7, 11) is -3.88. The van der Waals surface area contributed by atoms with Crippen molar-refractivity contribution in [1.29, 1.82) is 0 Å². The third-order valence-electron chi connectivity index (χ3n) is 5.92. The van der Waals surface area contributed by atoms with E-state index in [0.717, 1.165) is 0 Å². The Bertz CT molecular complexity index is 1150. The van der Waals surface area contributed by atoms with Gasteiger partial charge in [-0.1, -0.05) is 18.5 Å². The molecule has 3 rings (SSSR count). The van der Waals surface area contributed by atoms with E-state index in [2.05, 4.69) is 10.0 Å². The number of halogens is 1. The molecule has 1 saturated heterocycles. The normalized spacial score (nSPS) is 15.5. The van der Waals surface area contributed by atoms with Gasteiger partial charge in [0.2, 0.25) is 15.9 Å². The van der Waals surface area contributed by atoms with Crippen molar-refractivity contribution in [3.63, 3.8) is 0 Å². The van der Waals surface area contributed by atoms with Crippen LogP contribution in [0.1, 0.15) is 33.1 Å². The molecule has 1 heterocycles. The summed E-state index contributed by atoms with van der Waals surface area (Å²) >= 11 is 5.85. The molecule has 0 aromatic heterocycles. The molecule has 0 saturated carbocycles. The van der Waals surface area contributed by atoms with Crippen LogP contribution in [0, 0.1) is 5.92 Å². The van der Waals surface area contributed by atoms with Crippen LogP contribution in [0.25, 0.3) is 0 Å². The maximum absolute atomic E-state index is 13.3. The number of benzene rings is 2. The Morgan fingerprint density at radius 3 is 2.43 bits per heavy atom. The zero-order valence-electron chi connectivity index (χ0n) is 19.8. The Morgan fingerprint density at radius 1 is 1.17 bits per heavy atom. The van der Waals surface area contributed by atoms with Gasteiger partial charge in [0, 0.05) is 35.8 Å². The number of carbonyl (C=O) groups excluding carboxylic acids is 2. The number of nitrogens with zero attached hydrogens (tertiary/aromatic N) is 1. The van der Waals surface area contributed by atoms with Crippen LogP contribution in [0.15, 0.2) is 47.4 Å². The Balaban J connectivity index is 1.80. The lowest BCUT2D eigenvalue weighted by Crippen LogP contribution is -2.40. The molecule has 0 unspecified atom stereocenters. The number of primary amides is 1. The van der Waals surface area contributed by atoms with Crippen molar-refractivity contribution in [3.8, 4) is 5.75 Å². The third-order valence-corrected chi connectivity index (χ3v) is 7.79. The molecular weight excluding hydrogens is 492 g/mol. The van der Waals surface area contributed by atoms with Crippen LogP contribution in [-0.4, -0.2) is 46.0 Å². The van der Waals surface area contributed by atoms with E-state index in [1.54, 1.807) is 43.3 Å². The topological polar surface area (TPSA) is 131 Å². The van der Waals surface area contributed by atoms with E-state index >= 15 is 0 Å². The monoisotopic (exact) mass is 522 g/mol. The Kier molecular flexibility index (Phi) is 8.98. The number of nitrogens with two attached hydrogens (primary N) is 1. The molecule has 0 bridgehead atoms. The molecule has 2 amide bonds. The quantitative estimate of drug-likeness (QED) is 0.439. The van der Waals surface area contributed by atoms with Gasteiger partial charge in [0.15, 0.2) is 6.61 Å². The summed E-state index contributed by atoms with van der Waals surface area (Å²) in [5.74, 6) is -0.507. The molecular formula is C24H31ClN4O5S. The van der Waals surface area contributed by atoms with Gasteiger partial charge < -0.3 is 20.7 Å². The lowest BCUT2D eigenvalue weighted by atomic mass is 9.96. The van der Waals surface area contributed by atoms with Gasteiger partial charge in [-0.2, -0.15) is 0 Å². The molecule has 2 aromatic rings. The first-order valence-electron chi connectivity index (χ1n) is 11.5. The van der Waals surface area contributed by atoms with E-state index in [4.69, 9.17) is 22.1 Å². The van der Waals surface area contributed by atoms with Crippen LogP contribution in [0.4, 0.5) is 11.4 Å². The highest BCUT2D eigenvalue weighted by Gasteiger charge is 2.28. The van der Waals surface area contributed by atoms with E-state index in [1.165, 1.54) is 6.07 Å². The van der Waals surface area contributed by atoms with E-state index < -0.39 is 15.9 Å². The van der Waals surface area contributed by atoms with Crippen LogP contribution >= 0.6 is 11.6 Å². The summed E-state index contributed by atoms with van der Waals surface area (Å²) in [4.78, 5) is 26.0. The fourth-order valence-corrected chi connectivity index (χ4v) is 5.47. The molecule has 11 heteroatoms. The zero-order valence-corrected chi connectivity index (χ0v) is 21.4. The van der Waals surface area contributed by atoms with E-state index in [9.17, 15) is 18.0 Å². The summed E-state index contributed by atoms with van der Waals surface area (Å²) in [6, 6.07) is 11.1. The van der Waals surface area contributed by atoms with Gasteiger partial charge in [0.1, 0.15) is 10.6 Å². The van der Waals surface area contributed by atoms with Gasteiger partial charge in [-0.05, 0) is 68.7 Å². The lowest BCUT2D eigenvalue weighted by Gasteiger charge is -2.33. The Morgan fingerprint density at radius 2 is 1.83 bits per heavy atom. The largest absolute Gasteiger partial charge is 0.484 e. The minimum Gasteiger partial charge on any atom is -0.484 e. The van der Waals surface area contributed by atoms with Crippen LogP contribution in [0.2, 0.25) is 5.02 Å². The molecule has 0 spiro atoms. The van der Waals surface area contributed by atoms with E-state index in [0.29, 0.717) is 54.5 Å². The van der Waals surface area contributed by atoms with Crippen LogP contribution in [-0.2, 0) is 19.6 Å². The molecule has 1 aliphatic heterocycles. The highest BCUT2D eigenvalue weighted by molar-refractivity contribution is 7.89. The van der Waals surface area contributed by atoms with Crippen LogP contribution < -0.4 is 25.4 Å². The maximum Gasteiger partial charge on any atom is 0.262 e. The van der Waals surface area contributed by atoms with Crippen molar-refractivity contribution in [2.75, 3.05) is 29.9 Å². The van der Waals surface area contributed by atoms with Crippen molar-refractivity contribution in [1.82, 2.24) is 4.72 Å². The van der Waals surface area contributed by atoms with Crippen LogP contribution in [0.3, 0.4) is 0 Å². The molecule has 35 heavy (non-hydrogen) atoms. The second-order valence-corrected chi connectivity index (χ2v) is 10.7. The maximum atomic E-state index is 13.3. The minimum atomic E-state index is -3.88. The number of ether oxygens (including phenoxy) is 1. The molecule has 0 aliphatic carbocycles. The van der Waals surface area contributed by atoms with Gasteiger partial charge in [0.05, 0.1) is 5.69 Å². The van der Waals surface area contributed by atoms with Crippen molar-refractivity contribution >= 4 is 44.8 Å². The Labute approximate surface area is 211 Å². The molecule has 4 N–H and O–H groups in total. The highest BCUT2D eigenvalue weighted by atomic mass is 35.5. The third kappa shape index (κ3) is 7.33. The molecule has 1 atom stereocenters. The average molecular weight is 523 g/mol. The van der Waals surface area contributed by atoms with Gasteiger partial charge in [0.25, 0.3) is 5.91 Å². The summed E-state index contributed by atoms with van der Waals surface area (Å²) in [6.07, 6.45) is 1.72. The first kappa shape index (κ1) is 26.8. The second kappa shape index (κ2) is 11.7. The number of piperidine rings is 1. The summed E-state index contributed by atoms with van der Waals surface area (Å²) in [6.45, 7) is 4.42. The molecule has 1 aliphatic rings. The number of rotatable bonds is 10. The fraction of sp³-hybridized carbons (Fsp3) is 0.417. The lowest BCUT2D eigenvalue weighted by molar-refractivity contribution is -0.122. The van der Waals surface area contributed by atoms with Crippen molar-refractivity contribution in [3.05, 3.63) is 47.5 Å². The number of nitrogens with one attached hydrogen (secondary N) is 2. The van der Waals surface area contributed by atoms with Gasteiger partial charge >= 0.3 is 0 Å². The number of hydrogen-bond acceptors (Lipinski definition) is 6. The smallest absolute Gasteiger partial charge is 0.262 e. The second-order valence-electron chi connectivity index (χ2n) is 8.57. The number of anilines is 2. The molecule has 2 aromatic carbocycles. The average Bonchev–Trinajstić information content (AvgIpc) is 2.83. The molecule has 1 fully saturated rings. The van der Waals surface area contributed by atoms with Gasteiger partial charge in [-0.25, -0.2) is 13.1 Å². The predicted molar refractivity (Wildman–Crippen MR) is 136 cm³/mol. The van der Waals surface area contributed by atoms with Crippen molar-refractivity contribution in [2.24, 2.45) is 11.7 Å². The minimum absolute atomic E-state index is 0.0618. The summed E-state index contributed by atoms with van der Waals surface area (Å²) < 4.78 is 34.7. The van der Waals surface area contributed by atoms with Gasteiger partial charge in [-0.15, -0.1) is 0 Å². The predicted octanol–water partition coefficient (Wildman–Crippen LogP) is 3.14. The number of hydrogen-bond donors (Lipinski definition) is 3. The highest BCUT2D eigenvalue weighted by Crippen LogP contribution is 2.32. The molecule has 9 nitrogen and oxygen atoms in total. The van der Waals surface area contributed by atoms with E-state index in [1.807, 2.05) is 11.8 Å². The Hall–Kier alpha value is -2.82. The summed E-state index contributed by atoms with van der Waals surface area (Å²) in [5, 5.41) is 3.25. The van der Waals surface area contributed by atoms with Crippen molar-refractivity contribution < 1.29 is 22.7 Å². The van der Waals surface area contributed by atoms with Crippen molar-refractivity contribution in [2.45, 2.75) is 44.0 Å². The molecule has 0 radical (unpaired) electrons. The fourth-order valence-electron chi connectivity index (χ4n) is 3.76. The standard InChI is InChI=1S/C24H31ClN4O5S/c1-3-16(2)28-35(32,33)22-14-19(27-23(30)15-34-20-7-4-18(25)5-8-20)6-9-21(22)29-12-10-17(11-13-29)24(26)31/h4-9,14,16-17,28H,3,10-13,15H2,1-2H3,(H2,26,31)(H,27,30)/t16-/m1/s1. The first-order valence-corrected chi connectivity index (χ1v) is 13.3. The SMILES string of the molecule is CC[C@@H](C)NS(=O)(=O)c1cc(NC(=O)COc2ccc(Cl)cc2)ccc1N1CCC(C(N)=O)CC1.